The van der Waals surface area contributed by atoms with Crippen LogP contribution in [0.2, 0.25) is 0 Å². The Bertz CT molecular complexity index is 426. The Morgan fingerprint density at radius 3 is 2.73 bits per heavy atom. The van der Waals surface area contributed by atoms with E-state index >= 15 is 0 Å². The molecule has 1 amide bonds. The van der Waals surface area contributed by atoms with Gasteiger partial charge in [-0.1, -0.05) is 28.1 Å². The van der Waals surface area contributed by atoms with Crippen LogP contribution in [0, 0.1) is 6.57 Å². The maximum absolute atomic E-state index is 11.6. The predicted octanol–water partition coefficient (Wildman–Crippen LogP) is 2.63. The van der Waals surface area contributed by atoms with Crippen LogP contribution >= 0.6 is 15.9 Å². The van der Waals surface area contributed by atoms with Gasteiger partial charge in [0.15, 0.2) is 0 Å². The molecule has 0 unspecified atom stereocenters. The zero-order chi connectivity index (χ0) is 11.4. The number of carbonyl (C=O) groups is 1. The average molecular weight is 269 g/mol. The van der Waals surface area contributed by atoms with Crippen molar-refractivity contribution in [3.8, 4) is 0 Å². The van der Waals surface area contributed by atoms with Crippen LogP contribution in [0.5, 0.6) is 0 Å². The molecule has 0 heterocycles. The highest BCUT2D eigenvalue weighted by atomic mass is 79.9. The summed E-state index contributed by atoms with van der Waals surface area (Å²) in [6.07, 6.45) is 0. The van der Waals surface area contributed by atoms with Crippen LogP contribution in [-0.4, -0.2) is 25.1 Å². The van der Waals surface area contributed by atoms with E-state index in [9.17, 15) is 4.79 Å². The Kier molecular flexibility index (Phi) is 3.83. The SMILES string of the molecule is [C-]#[N+]c1ccc(C(=O)N(C)OC)cc1Br. The minimum absolute atomic E-state index is 0.255. The van der Waals surface area contributed by atoms with Crippen molar-refractivity contribution in [2.45, 2.75) is 0 Å². The minimum atomic E-state index is -0.255. The van der Waals surface area contributed by atoms with Gasteiger partial charge in [-0.25, -0.2) is 9.91 Å². The first-order valence-corrected chi connectivity index (χ1v) is 4.88. The summed E-state index contributed by atoms with van der Waals surface area (Å²) in [5, 5.41) is 1.12. The summed E-state index contributed by atoms with van der Waals surface area (Å²) in [5.74, 6) is -0.255. The number of rotatable bonds is 2. The third kappa shape index (κ3) is 2.55. The first-order chi connectivity index (χ1) is 7.10. The number of carbonyl (C=O) groups excluding carboxylic acids is 1. The normalized spacial score (nSPS) is 9.47. The molecule has 15 heavy (non-hydrogen) atoms. The van der Waals surface area contributed by atoms with E-state index in [-0.39, 0.29) is 5.91 Å². The lowest BCUT2D eigenvalue weighted by Gasteiger charge is -2.13. The van der Waals surface area contributed by atoms with Crippen LogP contribution in [-0.2, 0) is 4.84 Å². The van der Waals surface area contributed by atoms with Gasteiger partial charge in [0.2, 0.25) is 5.69 Å². The molecule has 0 saturated carbocycles. The van der Waals surface area contributed by atoms with Crippen molar-refractivity contribution in [3.05, 3.63) is 39.7 Å². The predicted molar refractivity (Wildman–Crippen MR) is 59.5 cm³/mol. The van der Waals surface area contributed by atoms with Crippen molar-refractivity contribution < 1.29 is 9.63 Å². The van der Waals surface area contributed by atoms with E-state index in [2.05, 4.69) is 20.8 Å². The fourth-order valence-corrected chi connectivity index (χ4v) is 1.46. The summed E-state index contributed by atoms with van der Waals surface area (Å²) in [7, 11) is 2.94. The molecule has 0 radical (unpaired) electrons. The first kappa shape index (κ1) is 11.7. The highest BCUT2D eigenvalue weighted by Gasteiger charge is 2.12. The topological polar surface area (TPSA) is 33.9 Å². The molecule has 4 nitrogen and oxygen atoms in total. The lowest BCUT2D eigenvalue weighted by Crippen LogP contribution is -2.25. The monoisotopic (exact) mass is 268 g/mol. The van der Waals surface area contributed by atoms with Crippen molar-refractivity contribution >= 4 is 27.5 Å². The second-order valence-corrected chi connectivity index (χ2v) is 3.62. The van der Waals surface area contributed by atoms with E-state index in [1.807, 2.05) is 0 Å². The standard InChI is InChI=1S/C10H9BrN2O2/c1-12-9-5-4-7(6-8(9)11)10(14)13(2)15-3/h4-6H,2-3H3. The molecular formula is C10H9BrN2O2. The fourth-order valence-electron chi connectivity index (χ4n) is 0.995. The Morgan fingerprint density at radius 2 is 2.27 bits per heavy atom. The van der Waals surface area contributed by atoms with Gasteiger partial charge in [0, 0.05) is 17.1 Å². The number of nitrogens with zero attached hydrogens (tertiary/aromatic N) is 2. The zero-order valence-corrected chi connectivity index (χ0v) is 9.91. The van der Waals surface area contributed by atoms with Gasteiger partial charge in [-0.15, -0.1) is 0 Å². The smallest absolute Gasteiger partial charge is 0.274 e. The van der Waals surface area contributed by atoms with Crippen LogP contribution in [0.3, 0.4) is 0 Å². The number of hydrogen-bond acceptors (Lipinski definition) is 2. The molecule has 0 saturated heterocycles. The van der Waals surface area contributed by atoms with Gasteiger partial charge in [-0.2, -0.15) is 0 Å². The van der Waals surface area contributed by atoms with Crippen LogP contribution in [0.25, 0.3) is 4.85 Å². The molecule has 78 valence electrons. The second-order valence-electron chi connectivity index (χ2n) is 2.76. The van der Waals surface area contributed by atoms with Crippen LogP contribution in [0.15, 0.2) is 22.7 Å². The van der Waals surface area contributed by atoms with Crippen molar-refractivity contribution in [2.24, 2.45) is 0 Å². The molecule has 5 heteroatoms. The molecule has 0 aliphatic rings. The summed E-state index contributed by atoms with van der Waals surface area (Å²) in [5.41, 5.74) is 0.949. The number of hydrogen-bond donors (Lipinski definition) is 0. The average Bonchev–Trinajstić information content (AvgIpc) is 2.26. The molecule has 0 aliphatic heterocycles. The van der Waals surface area contributed by atoms with Crippen LogP contribution < -0.4 is 0 Å². The van der Waals surface area contributed by atoms with Gasteiger partial charge in [0.05, 0.1) is 13.7 Å². The van der Waals surface area contributed by atoms with E-state index in [4.69, 9.17) is 11.4 Å². The van der Waals surface area contributed by atoms with Crippen molar-refractivity contribution in [2.75, 3.05) is 14.2 Å². The number of benzene rings is 1. The van der Waals surface area contributed by atoms with Gasteiger partial charge >= 0.3 is 0 Å². The lowest BCUT2D eigenvalue weighted by molar-refractivity contribution is -0.0757. The summed E-state index contributed by atoms with van der Waals surface area (Å²) >= 11 is 3.22. The maximum Gasteiger partial charge on any atom is 0.277 e. The number of hydroxylamine groups is 2. The third-order valence-corrected chi connectivity index (χ3v) is 2.51. The minimum Gasteiger partial charge on any atom is -0.274 e. The molecule has 0 fully saturated rings. The molecule has 0 aliphatic carbocycles. The molecule has 0 aromatic heterocycles. The van der Waals surface area contributed by atoms with Crippen molar-refractivity contribution in [1.82, 2.24) is 5.06 Å². The molecule has 1 aromatic carbocycles. The van der Waals surface area contributed by atoms with E-state index in [1.54, 1.807) is 18.2 Å². The zero-order valence-electron chi connectivity index (χ0n) is 8.32. The van der Waals surface area contributed by atoms with Crippen molar-refractivity contribution in [3.63, 3.8) is 0 Å². The summed E-state index contributed by atoms with van der Waals surface area (Å²) in [6, 6.07) is 4.79. The highest BCUT2D eigenvalue weighted by Crippen LogP contribution is 2.26. The maximum atomic E-state index is 11.6. The molecule has 0 atom stereocenters. The van der Waals surface area contributed by atoms with Gasteiger partial charge in [-0.05, 0) is 6.07 Å². The van der Waals surface area contributed by atoms with E-state index in [0.717, 1.165) is 5.06 Å². The van der Waals surface area contributed by atoms with Gasteiger partial charge < -0.3 is 0 Å². The summed E-state index contributed by atoms with van der Waals surface area (Å²) in [4.78, 5) is 19.7. The lowest BCUT2D eigenvalue weighted by atomic mass is 10.2. The summed E-state index contributed by atoms with van der Waals surface area (Å²) < 4.78 is 0.604. The van der Waals surface area contributed by atoms with E-state index in [1.165, 1.54) is 14.2 Å². The Labute approximate surface area is 96.4 Å². The molecule has 1 aromatic rings. The molecule has 1 rings (SSSR count). The fraction of sp³-hybridized carbons (Fsp3) is 0.200. The second kappa shape index (κ2) is 4.91. The van der Waals surface area contributed by atoms with Crippen LogP contribution in [0.1, 0.15) is 10.4 Å². The van der Waals surface area contributed by atoms with Gasteiger partial charge in [0.1, 0.15) is 0 Å². The Hall–Kier alpha value is -1.38. The Morgan fingerprint density at radius 1 is 1.60 bits per heavy atom. The third-order valence-electron chi connectivity index (χ3n) is 1.87. The van der Waals surface area contributed by atoms with Gasteiger partial charge in [-0.3, -0.25) is 9.63 Å². The largest absolute Gasteiger partial charge is 0.277 e. The van der Waals surface area contributed by atoms with Gasteiger partial charge in [0.25, 0.3) is 5.91 Å². The number of halogens is 1. The molecular weight excluding hydrogens is 260 g/mol. The quantitative estimate of drug-likeness (QED) is 0.611. The molecule has 0 N–H and O–H groups in total. The molecule has 0 bridgehead atoms. The van der Waals surface area contributed by atoms with E-state index < -0.39 is 0 Å². The van der Waals surface area contributed by atoms with E-state index in [0.29, 0.717) is 15.7 Å². The van der Waals surface area contributed by atoms with Crippen LogP contribution in [0.4, 0.5) is 5.69 Å². The number of amides is 1. The summed E-state index contributed by atoms with van der Waals surface area (Å²) in [6.45, 7) is 6.86. The Balaban J connectivity index is 3.04. The first-order valence-electron chi connectivity index (χ1n) is 4.09. The highest BCUT2D eigenvalue weighted by molar-refractivity contribution is 9.10. The van der Waals surface area contributed by atoms with Crippen molar-refractivity contribution in [1.29, 1.82) is 0 Å². The molecule has 0 spiro atoms.